The molecule has 0 fully saturated rings. The number of benzene rings is 1. The van der Waals surface area contributed by atoms with Gasteiger partial charge in [-0.15, -0.1) is 11.3 Å². The van der Waals surface area contributed by atoms with E-state index in [9.17, 15) is 0 Å². The first kappa shape index (κ1) is 14.5. The van der Waals surface area contributed by atoms with Crippen molar-refractivity contribution in [3.63, 3.8) is 0 Å². The summed E-state index contributed by atoms with van der Waals surface area (Å²) in [6.07, 6.45) is 0. The molecule has 1 aromatic carbocycles. The van der Waals surface area contributed by atoms with Crippen molar-refractivity contribution in [2.75, 3.05) is 0 Å². The van der Waals surface area contributed by atoms with Gasteiger partial charge in [0.15, 0.2) is 0 Å². The van der Waals surface area contributed by atoms with Gasteiger partial charge in [-0.2, -0.15) is 0 Å². The van der Waals surface area contributed by atoms with E-state index in [1.807, 2.05) is 19.1 Å². The minimum absolute atomic E-state index is 0.0625. The molecule has 1 heterocycles. The van der Waals surface area contributed by atoms with Gasteiger partial charge in [0.25, 0.3) is 0 Å². The van der Waals surface area contributed by atoms with Crippen LogP contribution in [0.3, 0.4) is 0 Å². The second-order valence-corrected chi connectivity index (χ2v) is 6.03. The molecular formula is C15H19N3OS. The summed E-state index contributed by atoms with van der Waals surface area (Å²) in [7, 11) is 0. The molecule has 0 aliphatic heterocycles. The van der Waals surface area contributed by atoms with E-state index in [4.69, 9.17) is 15.9 Å². The van der Waals surface area contributed by atoms with Crippen molar-refractivity contribution in [3.05, 3.63) is 45.4 Å². The highest BCUT2D eigenvalue weighted by atomic mass is 32.1. The summed E-state index contributed by atoms with van der Waals surface area (Å²) in [5, 5.41) is 8.29. The van der Waals surface area contributed by atoms with Crippen LogP contribution in [0, 0.1) is 12.3 Å². The first-order valence-corrected chi connectivity index (χ1v) is 7.32. The lowest BCUT2D eigenvalue weighted by Crippen LogP contribution is -2.10. The summed E-state index contributed by atoms with van der Waals surface area (Å²) in [5.74, 6) is 1.41. The van der Waals surface area contributed by atoms with E-state index in [1.54, 1.807) is 0 Å². The number of thiazole rings is 1. The third-order valence-electron chi connectivity index (χ3n) is 2.99. The third kappa shape index (κ3) is 3.36. The average Bonchev–Trinajstić information content (AvgIpc) is 2.78. The maximum atomic E-state index is 7.46. The molecule has 2 aromatic rings. The maximum absolute atomic E-state index is 7.46. The van der Waals surface area contributed by atoms with Gasteiger partial charge in [-0.1, -0.05) is 26.0 Å². The Hall–Kier alpha value is -1.88. The van der Waals surface area contributed by atoms with Crippen molar-refractivity contribution in [1.29, 1.82) is 5.41 Å². The van der Waals surface area contributed by atoms with E-state index in [0.717, 1.165) is 21.3 Å². The van der Waals surface area contributed by atoms with Crippen molar-refractivity contribution < 1.29 is 4.74 Å². The minimum atomic E-state index is 0.0625. The fourth-order valence-corrected chi connectivity index (χ4v) is 2.70. The first-order valence-electron chi connectivity index (χ1n) is 6.51. The van der Waals surface area contributed by atoms with Gasteiger partial charge >= 0.3 is 0 Å². The molecule has 0 atom stereocenters. The van der Waals surface area contributed by atoms with Crippen LogP contribution >= 0.6 is 11.3 Å². The number of rotatable bonds is 5. The highest BCUT2D eigenvalue weighted by molar-refractivity contribution is 7.13. The SMILES string of the molecule is Cc1nc(COc2ccc(C(C)C)cc2)sc1C(=N)N. The van der Waals surface area contributed by atoms with E-state index < -0.39 is 0 Å². The maximum Gasteiger partial charge on any atom is 0.140 e. The molecule has 0 saturated carbocycles. The predicted octanol–water partition coefficient (Wildman–Crippen LogP) is 3.44. The van der Waals surface area contributed by atoms with Gasteiger partial charge < -0.3 is 10.5 Å². The quantitative estimate of drug-likeness (QED) is 0.654. The minimum Gasteiger partial charge on any atom is -0.486 e. The number of ether oxygens (including phenoxy) is 1. The number of nitrogens with zero attached hydrogens (tertiary/aromatic N) is 1. The highest BCUT2D eigenvalue weighted by Gasteiger charge is 2.10. The van der Waals surface area contributed by atoms with Gasteiger partial charge in [-0.25, -0.2) is 4.98 Å². The van der Waals surface area contributed by atoms with Gasteiger partial charge in [0.1, 0.15) is 23.2 Å². The van der Waals surface area contributed by atoms with Crippen LogP contribution in [0.4, 0.5) is 0 Å². The van der Waals surface area contributed by atoms with E-state index >= 15 is 0 Å². The molecule has 2 rings (SSSR count). The average molecular weight is 289 g/mol. The molecule has 106 valence electrons. The molecule has 5 heteroatoms. The number of hydrogen-bond acceptors (Lipinski definition) is 4. The van der Waals surface area contributed by atoms with Gasteiger partial charge in [0, 0.05) is 0 Å². The molecule has 3 N–H and O–H groups in total. The summed E-state index contributed by atoms with van der Waals surface area (Å²) in [4.78, 5) is 5.09. The second kappa shape index (κ2) is 6.05. The standard InChI is InChI=1S/C15H19N3OS/c1-9(2)11-4-6-12(7-5-11)19-8-13-18-10(3)14(20-13)15(16)17/h4-7,9H,8H2,1-3H3,(H3,16,17). The fourth-order valence-electron chi connectivity index (χ4n) is 1.86. The van der Waals surface area contributed by atoms with Crippen LogP contribution < -0.4 is 10.5 Å². The first-order chi connectivity index (χ1) is 9.47. The lowest BCUT2D eigenvalue weighted by atomic mass is 10.0. The lowest BCUT2D eigenvalue weighted by molar-refractivity contribution is 0.305. The second-order valence-electron chi connectivity index (χ2n) is 4.95. The van der Waals surface area contributed by atoms with Crippen molar-refractivity contribution in [1.82, 2.24) is 4.98 Å². The Labute approximate surface area is 123 Å². The van der Waals surface area contributed by atoms with Gasteiger partial charge in [0.2, 0.25) is 0 Å². The number of hydrogen-bond donors (Lipinski definition) is 2. The fraction of sp³-hybridized carbons (Fsp3) is 0.333. The Morgan fingerprint density at radius 2 is 2.00 bits per heavy atom. The van der Waals surface area contributed by atoms with Crippen LogP contribution in [0.5, 0.6) is 5.75 Å². The Kier molecular flexibility index (Phi) is 4.39. The third-order valence-corrected chi connectivity index (χ3v) is 4.16. The van der Waals surface area contributed by atoms with Crippen LogP contribution in [0.2, 0.25) is 0 Å². The molecule has 4 nitrogen and oxygen atoms in total. The summed E-state index contributed by atoms with van der Waals surface area (Å²) < 4.78 is 5.71. The molecular weight excluding hydrogens is 270 g/mol. The van der Waals surface area contributed by atoms with Gasteiger partial charge in [-0.05, 0) is 30.5 Å². The molecule has 0 saturated heterocycles. The van der Waals surface area contributed by atoms with Crippen molar-refractivity contribution in [3.8, 4) is 5.75 Å². The van der Waals surface area contributed by atoms with E-state index in [0.29, 0.717) is 12.5 Å². The Bertz CT molecular complexity index is 602. The molecule has 0 aliphatic carbocycles. The number of aryl methyl sites for hydroxylation is 1. The molecule has 0 radical (unpaired) electrons. The summed E-state index contributed by atoms with van der Waals surface area (Å²) in [6, 6.07) is 8.10. The lowest BCUT2D eigenvalue weighted by Gasteiger charge is -2.07. The zero-order chi connectivity index (χ0) is 14.7. The van der Waals surface area contributed by atoms with Crippen molar-refractivity contribution in [2.45, 2.75) is 33.3 Å². The number of nitrogens with one attached hydrogen (secondary N) is 1. The van der Waals surface area contributed by atoms with Crippen LogP contribution in [0.1, 0.15) is 40.9 Å². The van der Waals surface area contributed by atoms with E-state index in [2.05, 4.69) is 31.0 Å². The normalized spacial score (nSPS) is 10.8. The zero-order valence-corrected chi connectivity index (χ0v) is 12.8. The van der Waals surface area contributed by atoms with Gasteiger partial charge in [-0.3, -0.25) is 5.41 Å². The number of amidine groups is 1. The van der Waals surface area contributed by atoms with Crippen molar-refractivity contribution in [2.24, 2.45) is 5.73 Å². The van der Waals surface area contributed by atoms with Crippen LogP contribution in [0.15, 0.2) is 24.3 Å². The number of aromatic nitrogens is 1. The molecule has 0 amide bonds. The van der Waals surface area contributed by atoms with Crippen molar-refractivity contribution >= 4 is 17.2 Å². The van der Waals surface area contributed by atoms with E-state index in [1.165, 1.54) is 16.9 Å². The van der Waals surface area contributed by atoms with E-state index in [-0.39, 0.29) is 5.84 Å². The molecule has 0 spiro atoms. The highest BCUT2D eigenvalue weighted by Crippen LogP contribution is 2.21. The number of nitrogen functional groups attached to an aromatic ring is 1. The Morgan fingerprint density at radius 1 is 1.35 bits per heavy atom. The predicted molar refractivity (Wildman–Crippen MR) is 82.7 cm³/mol. The largest absolute Gasteiger partial charge is 0.486 e. The van der Waals surface area contributed by atoms with Gasteiger partial charge in [0.05, 0.1) is 10.6 Å². The van der Waals surface area contributed by atoms with Crippen LogP contribution in [0.25, 0.3) is 0 Å². The molecule has 0 unspecified atom stereocenters. The molecule has 20 heavy (non-hydrogen) atoms. The smallest absolute Gasteiger partial charge is 0.140 e. The monoisotopic (exact) mass is 289 g/mol. The Morgan fingerprint density at radius 3 is 2.50 bits per heavy atom. The Balaban J connectivity index is 2.01. The van der Waals surface area contributed by atoms with Crippen LogP contribution in [-0.4, -0.2) is 10.8 Å². The topological polar surface area (TPSA) is 72.0 Å². The molecule has 1 aromatic heterocycles. The zero-order valence-electron chi connectivity index (χ0n) is 11.9. The van der Waals surface area contributed by atoms with Crippen LogP contribution in [-0.2, 0) is 6.61 Å². The molecule has 0 bridgehead atoms. The summed E-state index contributed by atoms with van der Waals surface area (Å²) >= 11 is 1.41. The molecule has 0 aliphatic rings. The summed E-state index contributed by atoms with van der Waals surface area (Å²) in [6.45, 7) is 6.59. The summed E-state index contributed by atoms with van der Waals surface area (Å²) in [5.41, 5.74) is 7.57. The number of nitrogens with two attached hydrogens (primary N) is 1.